The number of aromatic nitrogens is 1. The molecule has 0 aliphatic rings. The van der Waals surface area contributed by atoms with Gasteiger partial charge in [-0.1, -0.05) is 6.92 Å². The molecule has 0 bridgehead atoms. The van der Waals surface area contributed by atoms with Crippen LogP contribution in [0.15, 0.2) is 36.5 Å². The van der Waals surface area contributed by atoms with Crippen molar-refractivity contribution < 1.29 is 9.18 Å². The molecule has 20 heavy (non-hydrogen) atoms. The normalized spacial score (nSPS) is 10.5. The minimum Gasteiger partial charge on any atom is -0.377 e. The molecule has 2 aromatic rings. The second-order valence-corrected chi connectivity index (χ2v) is 4.61. The van der Waals surface area contributed by atoms with E-state index in [1.165, 1.54) is 18.2 Å². The van der Waals surface area contributed by atoms with Gasteiger partial charge in [0.2, 0.25) is 5.91 Å². The fourth-order valence-electron chi connectivity index (χ4n) is 2.07. The zero-order chi connectivity index (χ0) is 14.5. The number of nitrogens with zero attached hydrogens (tertiary/aromatic N) is 1. The van der Waals surface area contributed by atoms with Gasteiger partial charge in [0.15, 0.2) is 0 Å². The molecule has 0 spiro atoms. The highest BCUT2D eigenvalue weighted by Crippen LogP contribution is 2.17. The number of hydrogen-bond donors (Lipinski definition) is 2. The van der Waals surface area contributed by atoms with Crippen LogP contribution in [-0.4, -0.2) is 10.5 Å². The monoisotopic (exact) mass is 275 g/mol. The lowest BCUT2D eigenvalue weighted by Crippen LogP contribution is -2.12. The van der Waals surface area contributed by atoms with Crippen LogP contribution in [0.1, 0.15) is 29.4 Å². The van der Waals surface area contributed by atoms with Crippen molar-refractivity contribution in [3.8, 4) is 0 Å². The smallest absolute Gasteiger partial charge is 0.248 e. The van der Waals surface area contributed by atoms with E-state index in [1.54, 1.807) is 0 Å². The number of rotatable bonds is 6. The lowest BCUT2D eigenvalue weighted by atomic mass is 10.2. The van der Waals surface area contributed by atoms with Crippen LogP contribution in [0.3, 0.4) is 0 Å². The van der Waals surface area contributed by atoms with Gasteiger partial charge in [0, 0.05) is 24.0 Å². The molecule has 0 saturated carbocycles. The van der Waals surface area contributed by atoms with E-state index >= 15 is 0 Å². The third-order valence-electron chi connectivity index (χ3n) is 3.10. The summed E-state index contributed by atoms with van der Waals surface area (Å²) < 4.78 is 15.8. The number of nitrogens with one attached hydrogen (secondary N) is 1. The van der Waals surface area contributed by atoms with Gasteiger partial charge in [-0.3, -0.25) is 4.79 Å². The van der Waals surface area contributed by atoms with Crippen LogP contribution in [0.2, 0.25) is 0 Å². The second kappa shape index (κ2) is 6.23. The Hall–Kier alpha value is -2.30. The maximum absolute atomic E-state index is 13.7. The van der Waals surface area contributed by atoms with Crippen molar-refractivity contribution in [1.29, 1.82) is 0 Å². The minimum absolute atomic E-state index is 0.283. The van der Waals surface area contributed by atoms with Crippen LogP contribution in [0.4, 0.5) is 10.1 Å². The Bertz CT molecular complexity index is 607. The summed E-state index contributed by atoms with van der Waals surface area (Å²) in [5, 5.41) is 3.01. The van der Waals surface area contributed by atoms with Gasteiger partial charge < -0.3 is 15.6 Å². The molecule has 0 fully saturated rings. The second-order valence-electron chi connectivity index (χ2n) is 4.61. The summed E-state index contributed by atoms with van der Waals surface area (Å²) in [5.74, 6) is -0.967. The van der Waals surface area contributed by atoms with E-state index < -0.39 is 11.7 Å². The zero-order valence-corrected chi connectivity index (χ0v) is 11.4. The molecule has 1 amide bonds. The van der Waals surface area contributed by atoms with Crippen LogP contribution in [-0.2, 0) is 13.1 Å². The first kappa shape index (κ1) is 14.1. The fourth-order valence-corrected chi connectivity index (χ4v) is 2.07. The van der Waals surface area contributed by atoms with Crippen LogP contribution in [0.25, 0.3) is 0 Å². The maximum Gasteiger partial charge on any atom is 0.248 e. The highest BCUT2D eigenvalue weighted by molar-refractivity contribution is 5.93. The molecule has 5 heteroatoms. The van der Waals surface area contributed by atoms with E-state index in [-0.39, 0.29) is 11.3 Å². The summed E-state index contributed by atoms with van der Waals surface area (Å²) in [5.41, 5.74) is 6.83. The standard InChI is InChI=1S/C15H18FN3O/c1-2-7-19-8-3-4-12(19)10-18-14-9-11(15(17)20)5-6-13(14)16/h3-6,8-9,18H,2,7,10H2,1H3,(H2,17,20). The Morgan fingerprint density at radius 2 is 2.20 bits per heavy atom. The third-order valence-corrected chi connectivity index (χ3v) is 3.10. The molecule has 0 unspecified atom stereocenters. The van der Waals surface area contributed by atoms with Gasteiger partial charge in [-0.25, -0.2) is 4.39 Å². The number of primary amides is 1. The molecule has 1 aromatic heterocycles. The maximum atomic E-state index is 13.7. The first-order valence-corrected chi connectivity index (χ1v) is 6.59. The Morgan fingerprint density at radius 3 is 2.90 bits per heavy atom. The summed E-state index contributed by atoms with van der Waals surface area (Å²) in [6, 6.07) is 8.00. The topological polar surface area (TPSA) is 60.1 Å². The molecule has 2 rings (SSSR count). The van der Waals surface area contributed by atoms with E-state index in [0.717, 1.165) is 18.7 Å². The molecule has 0 radical (unpaired) electrons. The molecular formula is C15H18FN3O. The number of aryl methyl sites for hydroxylation is 1. The SMILES string of the molecule is CCCn1cccc1CNc1cc(C(N)=O)ccc1F. The van der Waals surface area contributed by atoms with Crippen LogP contribution >= 0.6 is 0 Å². The number of benzene rings is 1. The number of hydrogen-bond acceptors (Lipinski definition) is 2. The molecule has 106 valence electrons. The zero-order valence-electron chi connectivity index (χ0n) is 11.4. The Balaban J connectivity index is 2.12. The molecule has 3 N–H and O–H groups in total. The molecule has 1 heterocycles. The molecular weight excluding hydrogens is 257 g/mol. The summed E-state index contributed by atoms with van der Waals surface area (Å²) in [7, 11) is 0. The number of anilines is 1. The Kier molecular flexibility index (Phi) is 4.40. The van der Waals surface area contributed by atoms with Gasteiger partial charge in [0.05, 0.1) is 12.2 Å². The number of carbonyl (C=O) groups is 1. The van der Waals surface area contributed by atoms with Gasteiger partial charge in [0.25, 0.3) is 0 Å². The lowest BCUT2D eigenvalue weighted by Gasteiger charge is -2.11. The summed E-state index contributed by atoms with van der Waals surface area (Å²) in [4.78, 5) is 11.1. The van der Waals surface area contributed by atoms with Crippen molar-refractivity contribution in [3.05, 3.63) is 53.6 Å². The summed E-state index contributed by atoms with van der Waals surface area (Å²) in [6.45, 7) is 3.52. The number of amides is 1. The molecule has 1 aromatic carbocycles. The highest BCUT2D eigenvalue weighted by atomic mass is 19.1. The van der Waals surface area contributed by atoms with Gasteiger partial charge in [0.1, 0.15) is 5.82 Å². The fraction of sp³-hybridized carbons (Fsp3) is 0.267. The Morgan fingerprint density at radius 1 is 1.40 bits per heavy atom. The van der Waals surface area contributed by atoms with E-state index in [9.17, 15) is 9.18 Å². The number of carbonyl (C=O) groups excluding carboxylic acids is 1. The number of halogens is 1. The van der Waals surface area contributed by atoms with Gasteiger partial charge in [-0.2, -0.15) is 0 Å². The molecule has 0 aliphatic carbocycles. The predicted molar refractivity (Wildman–Crippen MR) is 77.0 cm³/mol. The molecule has 0 aliphatic heterocycles. The third kappa shape index (κ3) is 3.17. The first-order valence-electron chi connectivity index (χ1n) is 6.59. The lowest BCUT2D eigenvalue weighted by molar-refractivity contribution is 0.100. The van der Waals surface area contributed by atoms with E-state index in [4.69, 9.17) is 5.73 Å². The summed E-state index contributed by atoms with van der Waals surface area (Å²) in [6.07, 6.45) is 3.03. The molecule has 0 saturated heterocycles. The van der Waals surface area contributed by atoms with Crippen LogP contribution in [0.5, 0.6) is 0 Å². The molecule has 0 atom stereocenters. The predicted octanol–water partition coefficient (Wildman–Crippen LogP) is 2.75. The minimum atomic E-state index is -0.567. The first-order chi connectivity index (χ1) is 9.61. The summed E-state index contributed by atoms with van der Waals surface area (Å²) >= 11 is 0. The average molecular weight is 275 g/mol. The molecule has 4 nitrogen and oxygen atoms in total. The average Bonchev–Trinajstić information content (AvgIpc) is 2.85. The van der Waals surface area contributed by atoms with Crippen molar-refractivity contribution >= 4 is 11.6 Å². The van der Waals surface area contributed by atoms with Crippen molar-refractivity contribution in [2.75, 3.05) is 5.32 Å². The quantitative estimate of drug-likeness (QED) is 0.851. The van der Waals surface area contributed by atoms with Crippen LogP contribution < -0.4 is 11.1 Å². The Labute approximate surface area is 117 Å². The van der Waals surface area contributed by atoms with Gasteiger partial charge in [-0.05, 0) is 36.8 Å². The van der Waals surface area contributed by atoms with E-state index in [2.05, 4.69) is 16.8 Å². The van der Waals surface area contributed by atoms with Gasteiger partial charge >= 0.3 is 0 Å². The number of nitrogens with two attached hydrogens (primary N) is 1. The highest BCUT2D eigenvalue weighted by Gasteiger charge is 2.08. The van der Waals surface area contributed by atoms with Crippen molar-refractivity contribution in [2.45, 2.75) is 26.4 Å². The van der Waals surface area contributed by atoms with Crippen molar-refractivity contribution in [3.63, 3.8) is 0 Å². The van der Waals surface area contributed by atoms with Crippen molar-refractivity contribution in [2.24, 2.45) is 5.73 Å². The van der Waals surface area contributed by atoms with Crippen LogP contribution in [0, 0.1) is 5.82 Å². The van der Waals surface area contributed by atoms with E-state index in [0.29, 0.717) is 6.54 Å². The van der Waals surface area contributed by atoms with Gasteiger partial charge in [-0.15, -0.1) is 0 Å². The van der Waals surface area contributed by atoms with Crippen molar-refractivity contribution in [1.82, 2.24) is 4.57 Å². The van der Waals surface area contributed by atoms with E-state index in [1.807, 2.05) is 18.3 Å². The largest absolute Gasteiger partial charge is 0.377 e.